The molecule has 3 rings (SSSR count). The fraction of sp³-hybridized carbons (Fsp3) is 0.667. The van der Waals surface area contributed by atoms with Crippen LogP contribution in [0.15, 0.2) is 12.4 Å². The van der Waals surface area contributed by atoms with Crippen molar-refractivity contribution in [1.29, 1.82) is 0 Å². The lowest BCUT2D eigenvalue weighted by Crippen LogP contribution is -2.14. The smallest absolute Gasteiger partial charge is 0.210 e. The minimum atomic E-state index is -0.615. The summed E-state index contributed by atoms with van der Waals surface area (Å²) in [5.74, 6) is 3.14. The molecule has 2 bridgehead atoms. The monoisotopic (exact) mass is 206 g/mol. The normalized spacial score (nSPS) is 38.5. The van der Waals surface area contributed by atoms with Crippen LogP contribution in [0, 0.1) is 23.8 Å². The molecule has 0 amide bonds. The van der Waals surface area contributed by atoms with Gasteiger partial charge in [-0.2, -0.15) is 4.39 Å². The third kappa shape index (κ3) is 1.45. The Kier molecular flexibility index (Phi) is 2.01. The van der Waals surface area contributed by atoms with E-state index in [1.165, 1.54) is 19.3 Å². The number of nitrogens with zero attached hydrogens (tertiary/aromatic N) is 2. The van der Waals surface area contributed by atoms with E-state index in [-0.39, 0.29) is 0 Å². The van der Waals surface area contributed by atoms with Gasteiger partial charge in [-0.15, -0.1) is 0 Å². The van der Waals surface area contributed by atoms with Gasteiger partial charge in [0.05, 0.1) is 0 Å². The van der Waals surface area contributed by atoms with Crippen LogP contribution in [0.2, 0.25) is 0 Å². The number of rotatable bonds is 1. The van der Waals surface area contributed by atoms with Gasteiger partial charge in [0, 0.05) is 12.4 Å². The number of fused-ring (bicyclic) bond motifs is 2. The Morgan fingerprint density at radius 2 is 1.87 bits per heavy atom. The molecule has 0 aromatic carbocycles. The van der Waals surface area contributed by atoms with E-state index in [1.54, 1.807) is 12.4 Å². The molecule has 0 aliphatic heterocycles. The minimum absolute atomic E-state index is 0.590. The molecule has 0 N–H and O–H groups in total. The topological polar surface area (TPSA) is 25.8 Å². The second kappa shape index (κ2) is 3.26. The highest BCUT2D eigenvalue weighted by Gasteiger charge is 2.44. The van der Waals surface area contributed by atoms with Crippen molar-refractivity contribution in [2.45, 2.75) is 32.1 Å². The first kappa shape index (κ1) is 9.25. The maximum absolute atomic E-state index is 12.6. The summed E-state index contributed by atoms with van der Waals surface area (Å²) < 4.78 is 12.6. The Labute approximate surface area is 88.9 Å². The second-order valence-electron chi connectivity index (χ2n) is 5.10. The molecule has 1 heterocycles. The average Bonchev–Trinajstić information content (AvgIpc) is 2.77. The number of hydrogen-bond acceptors (Lipinski definition) is 2. The van der Waals surface area contributed by atoms with Gasteiger partial charge in [-0.3, -0.25) is 0 Å². The van der Waals surface area contributed by atoms with E-state index >= 15 is 0 Å². The van der Waals surface area contributed by atoms with E-state index in [0.29, 0.717) is 5.92 Å². The molecule has 1 aromatic rings. The number of aromatic nitrogens is 2. The minimum Gasteiger partial charge on any atom is -0.210 e. The summed E-state index contributed by atoms with van der Waals surface area (Å²) in [5, 5.41) is 0. The van der Waals surface area contributed by atoms with E-state index in [4.69, 9.17) is 0 Å². The molecule has 80 valence electrons. The quantitative estimate of drug-likeness (QED) is 0.660. The molecule has 3 heteroatoms. The zero-order chi connectivity index (χ0) is 10.4. The fourth-order valence-corrected chi connectivity index (χ4v) is 3.49. The average molecular weight is 206 g/mol. The van der Waals surface area contributed by atoms with Gasteiger partial charge < -0.3 is 0 Å². The molecule has 2 aliphatic rings. The molecule has 1 aromatic heterocycles. The van der Waals surface area contributed by atoms with Gasteiger partial charge in [-0.25, -0.2) is 9.97 Å². The van der Waals surface area contributed by atoms with Crippen molar-refractivity contribution in [2.75, 3.05) is 0 Å². The lowest BCUT2D eigenvalue weighted by Gasteiger charge is -2.25. The maximum Gasteiger partial charge on any atom is 0.308 e. The summed E-state index contributed by atoms with van der Waals surface area (Å²) in [4.78, 5) is 7.30. The highest BCUT2D eigenvalue weighted by molar-refractivity contribution is 5.17. The molecule has 0 saturated heterocycles. The van der Waals surface area contributed by atoms with Crippen LogP contribution < -0.4 is 0 Å². The van der Waals surface area contributed by atoms with Crippen molar-refractivity contribution >= 4 is 0 Å². The summed E-state index contributed by atoms with van der Waals surface area (Å²) in [6.45, 7) is 2.35. The van der Waals surface area contributed by atoms with Crippen LogP contribution in [0.1, 0.15) is 37.7 Å². The highest BCUT2D eigenvalue weighted by atomic mass is 19.1. The zero-order valence-electron chi connectivity index (χ0n) is 8.86. The molecule has 4 atom stereocenters. The molecule has 2 fully saturated rings. The van der Waals surface area contributed by atoms with Crippen LogP contribution in [0.3, 0.4) is 0 Å². The molecular formula is C12H15FN2. The van der Waals surface area contributed by atoms with Crippen molar-refractivity contribution in [3.8, 4) is 0 Å². The van der Waals surface area contributed by atoms with Crippen LogP contribution >= 0.6 is 0 Å². The SMILES string of the molecule is CC1CC2CC1CC2c1cnc(F)nc1. The van der Waals surface area contributed by atoms with Gasteiger partial charge in [-0.1, -0.05) is 6.92 Å². The highest BCUT2D eigenvalue weighted by Crippen LogP contribution is 2.55. The molecule has 2 nitrogen and oxygen atoms in total. The Morgan fingerprint density at radius 1 is 1.13 bits per heavy atom. The number of halogens is 1. The first-order chi connectivity index (χ1) is 7.24. The standard InChI is InChI=1S/C12H15FN2/c1-7-2-9-3-8(7)4-11(9)10-5-14-12(13)15-6-10/h5-9,11H,2-4H2,1H3. The first-order valence-corrected chi connectivity index (χ1v) is 5.71. The van der Waals surface area contributed by atoms with Crippen molar-refractivity contribution in [2.24, 2.45) is 17.8 Å². The second-order valence-corrected chi connectivity index (χ2v) is 5.10. The van der Waals surface area contributed by atoms with E-state index in [0.717, 1.165) is 23.3 Å². The van der Waals surface area contributed by atoms with Gasteiger partial charge in [0.15, 0.2) is 0 Å². The van der Waals surface area contributed by atoms with Crippen molar-refractivity contribution in [3.05, 3.63) is 24.0 Å². The van der Waals surface area contributed by atoms with Crippen LogP contribution in [-0.4, -0.2) is 9.97 Å². The molecule has 0 radical (unpaired) electrons. The molecule has 2 saturated carbocycles. The van der Waals surface area contributed by atoms with Gasteiger partial charge in [0.25, 0.3) is 0 Å². The Balaban J connectivity index is 1.83. The summed E-state index contributed by atoms with van der Waals surface area (Å²) in [7, 11) is 0. The van der Waals surface area contributed by atoms with Gasteiger partial charge in [0.2, 0.25) is 0 Å². The van der Waals surface area contributed by atoms with Gasteiger partial charge in [-0.05, 0) is 48.5 Å². The first-order valence-electron chi connectivity index (χ1n) is 5.71. The Hall–Kier alpha value is -0.990. The van der Waals surface area contributed by atoms with Crippen LogP contribution in [0.4, 0.5) is 4.39 Å². The van der Waals surface area contributed by atoms with Crippen molar-refractivity contribution in [1.82, 2.24) is 9.97 Å². The van der Waals surface area contributed by atoms with E-state index < -0.39 is 6.08 Å². The van der Waals surface area contributed by atoms with Crippen molar-refractivity contribution in [3.63, 3.8) is 0 Å². The molecule has 4 unspecified atom stereocenters. The van der Waals surface area contributed by atoms with Crippen LogP contribution in [-0.2, 0) is 0 Å². The van der Waals surface area contributed by atoms with E-state index in [9.17, 15) is 4.39 Å². The Bertz CT molecular complexity index is 360. The van der Waals surface area contributed by atoms with Crippen LogP contribution in [0.25, 0.3) is 0 Å². The van der Waals surface area contributed by atoms with Crippen LogP contribution in [0.5, 0.6) is 0 Å². The summed E-state index contributed by atoms with van der Waals surface area (Å²) in [6, 6.07) is 0. The Morgan fingerprint density at radius 3 is 2.40 bits per heavy atom. The zero-order valence-corrected chi connectivity index (χ0v) is 8.86. The fourth-order valence-electron chi connectivity index (χ4n) is 3.49. The van der Waals surface area contributed by atoms with E-state index in [1.807, 2.05) is 0 Å². The van der Waals surface area contributed by atoms with Gasteiger partial charge in [0.1, 0.15) is 0 Å². The molecular weight excluding hydrogens is 191 g/mol. The van der Waals surface area contributed by atoms with E-state index in [2.05, 4.69) is 16.9 Å². The number of hydrogen-bond donors (Lipinski definition) is 0. The lowest BCUT2D eigenvalue weighted by atomic mass is 9.80. The molecule has 15 heavy (non-hydrogen) atoms. The molecule has 2 aliphatic carbocycles. The van der Waals surface area contributed by atoms with Crippen molar-refractivity contribution < 1.29 is 4.39 Å². The predicted molar refractivity (Wildman–Crippen MR) is 54.7 cm³/mol. The maximum atomic E-state index is 12.6. The predicted octanol–water partition coefficient (Wildman–Crippen LogP) is 2.77. The van der Waals surface area contributed by atoms with Gasteiger partial charge >= 0.3 is 6.08 Å². The lowest BCUT2D eigenvalue weighted by molar-refractivity contribution is 0.325. The largest absolute Gasteiger partial charge is 0.308 e. The third-order valence-electron chi connectivity index (χ3n) is 4.28. The third-order valence-corrected chi connectivity index (χ3v) is 4.28. The summed E-state index contributed by atoms with van der Waals surface area (Å²) in [6.07, 6.45) is 6.64. The summed E-state index contributed by atoms with van der Waals surface area (Å²) >= 11 is 0. The summed E-state index contributed by atoms with van der Waals surface area (Å²) in [5.41, 5.74) is 1.14. The molecule has 0 spiro atoms.